The SMILES string of the molecule is Cn1c(=O)c(-c2ccccc2)cc2cc(Br)ccc21. The molecule has 3 heteroatoms. The van der Waals surface area contributed by atoms with Crippen LogP contribution in [-0.4, -0.2) is 4.57 Å². The highest BCUT2D eigenvalue weighted by Crippen LogP contribution is 2.23. The van der Waals surface area contributed by atoms with Crippen LogP contribution in [0.2, 0.25) is 0 Å². The topological polar surface area (TPSA) is 22.0 Å². The number of hydrogen-bond donors (Lipinski definition) is 0. The molecular formula is C16H12BrNO. The predicted molar refractivity (Wildman–Crippen MR) is 82.3 cm³/mol. The summed E-state index contributed by atoms with van der Waals surface area (Å²) < 4.78 is 2.71. The first-order valence-electron chi connectivity index (χ1n) is 6.01. The number of fused-ring (bicyclic) bond motifs is 1. The average molecular weight is 314 g/mol. The number of aromatic nitrogens is 1. The van der Waals surface area contributed by atoms with Crippen LogP contribution < -0.4 is 5.56 Å². The predicted octanol–water partition coefficient (Wildman–Crippen LogP) is 3.97. The van der Waals surface area contributed by atoms with E-state index in [1.165, 1.54) is 0 Å². The van der Waals surface area contributed by atoms with Crippen LogP contribution in [0.3, 0.4) is 0 Å². The monoisotopic (exact) mass is 313 g/mol. The Hall–Kier alpha value is -1.87. The van der Waals surface area contributed by atoms with Crippen LogP contribution >= 0.6 is 15.9 Å². The number of pyridine rings is 1. The molecule has 0 unspecified atom stereocenters. The highest BCUT2D eigenvalue weighted by molar-refractivity contribution is 9.10. The average Bonchev–Trinajstić information content (AvgIpc) is 2.43. The number of nitrogens with zero attached hydrogens (tertiary/aromatic N) is 1. The van der Waals surface area contributed by atoms with Crippen molar-refractivity contribution in [1.82, 2.24) is 4.57 Å². The largest absolute Gasteiger partial charge is 0.311 e. The van der Waals surface area contributed by atoms with Crippen LogP contribution in [0.1, 0.15) is 0 Å². The maximum Gasteiger partial charge on any atom is 0.258 e. The first-order chi connectivity index (χ1) is 9.16. The quantitative estimate of drug-likeness (QED) is 0.666. The van der Waals surface area contributed by atoms with Gasteiger partial charge in [-0.25, -0.2) is 0 Å². The molecule has 0 atom stereocenters. The van der Waals surface area contributed by atoms with Crippen molar-refractivity contribution in [2.24, 2.45) is 7.05 Å². The van der Waals surface area contributed by atoms with Crippen molar-refractivity contribution in [2.45, 2.75) is 0 Å². The normalized spacial score (nSPS) is 10.8. The van der Waals surface area contributed by atoms with Gasteiger partial charge in [0, 0.05) is 22.5 Å². The molecule has 0 fully saturated rings. The fraction of sp³-hybridized carbons (Fsp3) is 0.0625. The standard InChI is InChI=1S/C16H12BrNO/c1-18-15-8-7-13(17)9-12(15)10-14(16(18)19)11-5-3-2-4-6-11/h2-10H,1H3. The van der Waals surface area contributed by atoms with E-state index in [1.54, 1.807) is 4.57 Å². The van der Waals surface area contributed by atoms with Crippen molar-refractivity contribution in [3.63, 3.8) is 0 Å². The Kier molecular flexibility index (Phi) is 2.99. The second-order valence-electron chi connectivity index (χ2n) is 4.49. The molecule has 0 spiro atoms. The summed E-state index contributed by atoms with van der Waals surface area (Å²) in [5.41, 5.74) is 2.65. The molecule has 1 aromatic heterocycles. The Morgan fingerprint density at radius 1 is 1.00 bits per heavy atom. The van der Waals surface area contributed by atoms with Crippen LogP contribution in [0.4, 0.5) is 0 Å². The number of aryl methyl sites for hydroxylation is 1. The van der Waals surface area contributed by atoms with Gasteiger partial charge in [0.15, 0.2) is 0 Å². The van der Waals surface area contributed by atoms with Gasteiger partial charge in [0.2, 0.25) is 0 Å². The summed E-state index contributed by atoms with van der Waals surface area (Å²) in [5, 5.41) is 1.05. The summed E-state index contributed by atoms with van der Waals surface area (Å²) in [6.07, 6.45) is 0. The third-order valence-corrected chi connectivity index (χ3v) is 3.76. The van der Waals surface area contributed by atoms with E-state index in [4.69, 9.17) is 0 Å². The van der Waals surface area contributed by atoms with Crippen LogP contribution in [0.5, 0.6) is 0 Å². The van der Waals surface area contributed by atoms with E-state index in [1.807, 2.05) is 61.6 Å². The van der Waals surface area contributed by atoms with E-state index in [0.717, 1.165) is 26.5 Å². The molecule has 0 bridgehead atoms. The molecule has 3 aromatic rings. The first kappa shape index (κ1) is 12.2. The van der Waals surface area contributed by atoms with Gasteiger partial charge in [-0.3, -0.25) is 4.79 Å². The molecule has 0 amide bonds. The zero-order chi connectivity index (χ0) is 13.4. The first-order valence-corrected chi connectivity index (χ1v) is 6.81. The lowest BCUT2D eigenvalue weighted by molar-refractivity contribution is 0.909. The molecule has 2 aromatic carbocycles. The van der Waals surface area contributed by atoms with Gasteiger partial charge in [0.05, 0.1) is 5.52 Å². The number of hydrogen-bond acceptors (Lipinski definition) is 1. The zero-order valence-electron chi connectivity index (χ0n) is 10.4. The minimum Gasteiger partial charge on any atom is -0.311 e. The second-order valence-corrected chi connectivity index (χ2v) is 5.41. The number of halogens is 1. The van der Waals surface area contributed by atoms with Gasteiger partial charge in [0.25, 0.3) is 5.56 Å². The van der Waals surface area contributed by atoms with Gasteiger partial charge in [0.1, 0.15) is 0 Å². The maximum absolute atomic E-state index is 12.4. The van der Waals surface area contributed by atoms with Crippen LogP contribution in [0.15, 0.2) is 63.9 Å². The third kappa shape index (κ3) is 2.10. The molecule has 94 valence electrons. The molecule has 19 heavy (non-hydrogen) atoms. The molecule has 1 heterocycles. The Bertz CT molecular complexity index is 806. The highest BCUT2D eigenvalue weighted by atomic mass is 79.9. The van der Waals surface area contributed by atoms with Gasteiger partial charge in [-0.15, -0.1) is 0 Å². The van der Waals surface area contributed by atoms with E-state index in [2.05, 4.69) is 15.9 Å². The Morgan fingerprint density at radius 3 is 2.47 bits per heavy atom. The van der Waals surface area contributed by atoms with Gasteiger partial charge in [-0.05, 0) is 29.8 Å². The molecule has 0 saturated carbocycles. The summed E-state index contributed by atoms with van der Waals surface area (Å²) in [5.74, 6) is 0. The second kappa shape index (κ2) is 4.67. The van der Waals surface area contributed by atoms with Crippen molar-refractivity contribution in [3.05, 3.63) is 69.4 Å². The summed E-state index contributed by atoms with van der Waals surface area (Å²) in [4.78, 5) is 12.4. The smallest absolute Gasteiger partial charge is 0.258 e. The summed E-state index contributed by atoms with van der Waals surface area (Å²) in [6, 6.07) is 17.6. The lowest BCUT2D eigenvalue weighted by atomic mass is 10.0. The van der Waals surface area contributed by atoms with Gasteiger partial charge in [-0.2, -0.15) is 0 Å². The van der Waals surface area contributed by atoms with Crippen molar-refractivity contribution in [2.75, 3.05) is 0 Å². The third-order valence-electron chi connectivity index (χ3n) is 3.27. The zero-order valence-corrected chi connectivity index (χ0v) is 12.0. The van der Waals surface area contributed by atoms with E-state index < -0.39 is 0 Å². The summed E-state index contributed by atoms with van der Waals surface area (Å²) in [7, 11) is 1.81. The fourth-order valence-corrected chi connectivity index (χ4v) is 2.66. The van der Waals surface area contributed by atoms with Crippen molar-refractivity contribution in [1.29, 1.82) is 0 Å². The van der Waals surface area contributed by atoms with Crippen molar-refractivity contribution >= 4 is 26.8 Å². The number of rotatable bonds is 1. The minimum absolute atomic E-state index is 0.0287. The summed E-state index contributed by atoms with van der Waals surface area (Å²) in [6.45, 7) is 0. The van der Waals surface area contributed by atoms with Crippen LogP contribution in [0.25, 0.3) is 22.0 Å². The minimum atomic E-state index is 0.0287. The molecular weight excluding hydrogens is 302 g/mol. The molecule has 0 aliphatic carbocycles. The Morgan fingerprint density at radius 2 is 1.74 bits per heavy atom. The van der Waals surface area contributed by atoms with E-state index in [-0.39, 0.29) is 5.56 Å². The molecule has 0 saturated heterocycles. The lowest BCUT2D eigenvalue weighted by Crippen LogP contribution is -2.18. The van der Waals surface area contributed by atoms with Crippen molar-refractivity contribution in [3.8, 4) is 11.1 Å². The van der Waals surface area contributed by atoms with Gasteiger partial charge in [-0.1, -0.05) is 46.3 Å². The molecule has 3 rings (SSSR count). The molecule has 0 radical (unpaired) electrons. The fourth-order valence-electron chi connectivity index (χ4n) is 2.28. The molecule has 0 N–H and O–H groups in total. The van der Waals surface area contributed by atoms with Gasteiger partial charge >= 0.3 is 0 Å². The molecule has 0 aliphatic rings. The van der Waals surface area contributed by atoms with Crippen molar-refractivity contribution < 1.29 is 0 Å². The number of benzene rings is 2. The van der Waals surface area contributed by atoms with Crippen LogP contribution in [0, 0.1) is 0 Å². The van der Waals surface area contributed by atoms with Crippen LogP contribution in [-0.2, 0) is 7.05 Å². The molecule has 0 aliphatic heterocycles. The van der Waals surface area contributed by atoms with E-state index in [0.29, 0.717) is 0 Å². The Balaban J connectivity index is 2.38. The summed E-state index contributed by atoms with van der Waals surface area (Å²) >= 11 is 3.47. The maximum atomic E-state index is 12.4. The lowest BCUT2D eigenvalue weighted by Gasteiger charge is -2.09. The van der Waals surface area contributed by atoms with E-state index in [9.17, 15) is 4.79 Å². The van der Waals surface area contributed by atoms with E-state index >= 15 is 0 Å². The highest BCUT2D eigenvalue weighted by Gasteiger charge is 2.08. The molecule has 2 nitrogen and oxygen atoms in total. The Labute approximate surface area is 119 Å². The van der Waals surface area contributed by atoms with Gasteiger partial charge < -0.3 is 4.57 Å².